The Morgan fingerprint density at radius 1 is 0.946 bits per heavy atom. The molecule has 1 N–H and O–H groups in total. The number of carbonyl (C=O) groups excluding carboxylic acids is 2. The summed E-state index contributed by atoms with van der Waals surface area (Å²) < 4.78 is 28.6. The van der Waals surface area contributed by atoms with Gasteiger partial charge in [-0.05, 0) is 56.2 Å². The van der Waals surface area contributed by atoms with E-state index in [0.717, 1.165) is 15.4 Å². The van der Waals surface area contributed by atoms with E-state index in [4.69, 9.17) is 11.6 Å². The van der Waals surface area contributed by atoms with Crippen molar-refractivity contribution in [2.75, 3.05) is 17.4 Å². The first-order valence-corrected chi connectivity index (χ1v) is 13.9. The summed E-state index contributed by atoms with van der Waals surface area (Å²) in [6, 6.07) is 21.3. The smallest absolute Gasteiger partial charge is 0.264 e. The van der Waals surface area contributed by atoms with Gasteiger partial charge < -0.3 is 10.2 Å². The minimum atomic E-state index is -4.13. The highest BCUT2D eigenvalue weighted by atomic mass is 35.5. The SMILES string of the molecule is CCNC(=O)[C@H](CC)N(Cc1ccccc1)C(=O)CN(c1cccc(Cl)c1)S(=O)(=O)c1ccc(C)cc1. The van der Waals surface area contributed by atoms with E-state index in [1.165, 1.54) is 23.1 Å². The van der Waals surface area contributed by atoms with Crippen molar-refractivity contribution in [2.24, 2.45) is 0 Å². The Bertz CT molecular complexity index is 1310. The molecule has 9 heteroatoms. The summed E-state index contributed by atoms with van der Waals surface area (Å²) in [5.41, 5.74) is 1.99. The lowest BCUT2D eigenvalue weighted by Crippen LogP contribution is -2.52. The van der Waals surface area contributed by atoms with Crippen molar-refractivity contribution in [1.29, 1.82) is 0 Å². The van der Waals surface area contributed by atoms with Crippen molar-refractivity contribution in [3.63, 3.8) is 0 Å². The summed E-state index contributed by atoms with van der Waals surface area (Å²) in [5.74, 6) is -0.789. The second-order valence-electron chi connectivity index (χ2n) is 8.63. The highest BCUT2D eigenvalue weighted by Crippen LogP contribution is 2.27. The van der Waals surface area contributed by atoms with E-state index in [0.29, 0.717) is 18.0 Å². The molecule has 0 heterocycles. The summed E-state index contributed by atoms with van der Waals surface area (Å²) in [6.07, 6.45) is 0.367. The van der Waals surface area contributed by atoms with Crippen molar-refractivity contribution < 1.29 is 18.0 Å². The number of nitrogens with one attached hydrogen (secondary N) is 1. The topological polar surface area (TPSA) is 86.8 Å². The average Bonchev–Trinajstić information content (AvgIpc) is 2.88. The molecule has 0 aromatic heterocycles. The van der Waals surface area contributed by atoms with Crippen molar-refractivity contribution in [3.8, 4) is 0 Å². The fourth-order valence-corrected chi connectivity index (χ4v) is 5.58. The van der Waals surface area contributed by atoms with Gasteiger partial charge in [0.05, 0.1) is 10.6 Å². The number of carbonyl (C=O) groups is 2. The number of hydrogen-bond acceptors (Lipinski definition) is 4. The van der Waals surface area contributed by atoms with Gasteiger partial charge in [0.2, 0.25) is 11.8 Å². The van der Waals surface area contributed by atoms with Crippen molar-refractivity contribution in [2.45, 2.75) is 44.7 Å². The predicted octanol–water partition coefficient (Wildman–Crippen LogP) is 4.79. The van der Waals surface area contributed by atoms with E-state index in [1.807, 2.05) is 51.1 Å². The van der Waals surface area contributed by atoms with Crippen LogP contribution in [0.4, 0.5) is 5.69 Å². The highest BCUT2D eigenvalue weighted by molar-refractivity contribution is 7.92. The number of aryl methyl sites for hydroxylation is 1. The lowest BCUT2D eigenvalue weighted by atomic mass is 10.1. The van der Waals surface area contributed by atoms with E-state index in [1.54, 1.807) is 30.3 Å². The van der Waals surface area contributed by atoms with Gasteiger partial charge in [0.25, 0.3) is 10.0 Å². The number of amides is 2. The quantitative estimate of drug-likeness (QED) is 0.378. The van der Waals surface area contributed by atoms with Gasteiger partial charge in [0, 0.05) is 18.1 Å². The van der Waals surface area contributed by atoms with Gasteiger partial charge in [-0.2, -0.15) is 0 Å². The van der Waals surface area contributed by atoms with Crippen LogP contribution in [0.1, 0.15) is 31.4 Å². The number of hydrogen-bond donors (Lipinski definition) is 1. The number of rotatable bonds is 11. The first-order valence-electron chi connectivity index (χ1n) is 12.1. The van der Waals surface area contributed by atoms with E-state index < -0.39 is 28.5 Å². The molecule has 0 bridgehead atoms. The molecular weight excluding hydrogens is 510 g/mol. The second kappa shape index (κ2) is 12.7. The number of sulfonamides is 1. The highest BCUT2D eigenvalue weighted by Gasteiger charge is 2.33. The van der Waals surface area contributed by atoms with Crippen molar-refractivity contribution >= 4 is 39.1 Å². The molecule has 3 aromatic carbocycles. The lowest BCUT2D eigenvalue weighted by Gasteiger charge is -2.33. The van der Waals surface area contributed by atoms with Gasteiger partial charge in [-0.3, -0.25) is 13.9 Å². The zero-order valence-electron chi connectivity index (χ0n) is 21.2. The minimum Gasteiger partial charge on any atom is -0.355 e. The van der Waals surface area contributed by atoms with Crippen LogP contribution in [-0.2, 0) is 26.2 Å². The molecule has 3 aromatic rings. The van der Waals surface area contributed by atoms with Crippen LogP contribution in [0.3, 0.4) is 0 Å². The molecule has 0 aliphatic rings. The zero-order valence-corrected chi connectivity index (χ0v) is 22.8. The Kier molecular flexibility index (Phi) is 9.72. The maximum absolute atomic E-state index is 13.9. The van der Waals surface area contributed by atoms with E-state index in [-0.39, 0.29) is 23.0 Å². The standard InChI is InChI=1S/C28H32ClN3O4S/c1-4-26(28(34)30-5-2)31(19-22-10-7-6-8-11-22)27(33)20-32(24-13-9-12-23(29)18-24)37(35,36)25-16-14-21(3)15-17-25/h6-18,26H,4-5,19-20H2,1-3H3,(H,30,34)/t26-/m0/s1. The van der Waals surface area contributed by atoms with Gasteiger partial charge in [-0.1, -0.05) is 72.6 Å². The number of halogens is 1. The van der Waals surface area contributed by atoms with Crippen LogP contribution in [0.2, 0.25) is 5.02 Å². The largest absolute Gasteiger partial charge is 0.355 e. The van der Waals surface area contributed by atoms with Crippen LogP contribution < -0.4 is 9.62 Å². The van der Waals surface area contributed by atoms with Gasteiger partial charge in [-0.15, -0.1) is 0 Å². The minimum absolute atomic E-state index is 0.0521. The number of benzene rings is 3. The molecule has 0 radical (unpaired) electrons. The third-order valence-corrected chi connectivity index (χ3v) is 7.94. The predicted molar refractivity (Wildman–Crippen MR) is 147 cm³/mol. The Hall–Kier alpha value is -3.36. The third kappa shape index (κ3) is 7.11. The Morgan fingerprint density at radius 2 is 1.62 bits per heavy atom. The van der Waals surface area contributed by atoms with Crippen LogP contribution in [0.5, 0.6) is 0 Å². The maximum atomic E-state index is 13.9. The molecule has 3 rings (SSSR count). The first-order chi connectivity index (χ1) is 17.7. The summed E-state index contributed by atoms with van der Waals surface area (Å²) in [4.78, 5) is 28.3. The van der Waals surface area contributed by atoms with Crippen LogP contribution in [0, 0.1) is 6.92 Å². The van der Waals surface area contributed by atoms with E-state index >= 15 is 0 Å². The van der Waals surface area contributed by atoms with Gasteiger partial charge in [-0.25, -0.2) is 8.42 Å². The molecule has 0 unspecified atom stereocenters. The van der Waals surface area contributed by atoms with Gasteiger partial charge in [0.1, 0.15) is 12.6 Å². The monoisotopic (exact) mass is 541 g/mol. The normalized spacial score (nSPS) is 12.0. The second-order valence-corrected chi connectivity index (χ2v) is 10.9. The van der Waals surface area contributed by atoms with Crippen LogP contribution in [0.25, 0.3) is 0 Å². The molecule has 2 amide bonds. The Labute approximate surface area is 224 Å². The molecule has 0 saturated heterocycles. The number of nitrogens with zero attached hydrogens (tertiary/aromatic N) is 2. The third-order valence-electron chi connectivity index (χ3n) is 5.92. The zero-order chi connectivity index (χ0) is 27.0. The summed E-state index contributed by atoms with van der Waals surface area (Å²) in [5, 5.41) is 3.13. The molecule has 0 aliphatic carbocycles. The van der Waals surface area contributed by atoms with Gasteiger partial charge in [0.15, 0.2) is 0 Å². The molecule has 196 valence electrons. The molecule has 0 saturated carbocycles. The first kappa shape index (κ1) is 28.2. The molecule has 37 heavy (non-hydrogen) atoms. The van der Waals surface area contributed by atoms with Crippen LogP contribution >= 0.6 is 11.6 Å². The lowest BCUT2D eigenvalue weighted by molar-refractivity contribution is -0.140. The number of likely N-dealkylation sites (N-methyl/N-ethyl adjacent to an activating group) is 1. The maximum Gasteiger partial charge on any atom is 0.264 e. The number of anilines is 1. The Balaban J connectivity index is 2.05. The molecule has 0 fully saturated rings. The molecular formula is C28H32ClN3O4S. The molecule has 0 aliphatic heterocycles. The van der Waals surface area contributed by atoms with E-state index in [2.05, 4.69) is 5.32 Å². The summed E-state index contributed by atoms with van der Waals surface area (Å²) in [7, 11) is -4.13. The van der Waals surface area contributed by atoms with E-state index in [9.17, 15) is 18.0 Å². The van der Waals surface area contributed by atoms with Gasteiger partial charge >= 0.3 is 0 Å². The summed E-state index contributed by atoms with van der Waals surface area (Å²) >= 11 is 6.19. The molecule has 1 atom stereocenters. The molecule has 7 nitrogen and oxygen atoms in total. The fraction of sp³-hybridized carbons (Fsp3) is 0.286. The average molecular weight is 542 g/mol. The molecule has 0 spiro atoms. The summed E-state index contributed by atoms with van der Waals surface area (Å²) in [6.45, 7) is 5.57. The van der Waals surface area contributed by atoms with Crippen molar-refractivity contribution in [3.05, 3.63) is 95.0 Å². The van der Waals surface area contributed by atoms with Crippen LogP contribution in [-0.4, -0.2) is 44.3 Å². The van der Waals surface area contributed by atoms with Crippen LogP contribution in [0.15, 0.2) is 83.8 Å². The fourth-order valence-electron chi connectivity index (χ4n) is 3.99. The Morgan fingerprint density at radius 3 is 2.22 bits per heavy atom. The van der Waals surface area contributed by atoms with Crippen molar-refractivity contribution in [1.82, 2.24) is 10.2 Å².